The van der Waals surface area contributed by atoms with Gasteiger partial charge in [-0.3, -0.25) is 4.79 Å². The first-order valence-corrected chi connectivity index (χ1v) is 6.09. The van der Waals surface area contributed by atoms with E-state index in [0.717, 1.165) is 0 Å². The summed E-state index contributed by atoms with van der Waals surface area (Å²) in [4.78, 5) is 12.1. The van der Waals surface area contributed by atoms with E-state index in [2.05, 4.69) is 5.32 Å². The predicted molar refractivity (Wildman–Crippen MR) is 62.4 cm³/mol. The minimum atomic E-state index is -1.79. The quantitative estimate of drug-likeness (QED) is 0.705. The third-order valence-electron chi connectivity index (χ3n) is 4.43. The van der Waals surface area contributed by atoms with Crippen LogP contribution in [0.25, 0.3) is 0 Å². The summed E-state index contributed by atoms with van der Waals surface area (Å²) < 4.78 is 0. The predicted octanol–water partition coefficient (Wildman–Crippen LogP) is 0.414. The lowest BCUT2D eigenvalue weighted by molar-refractivity contribution is -0.129. The maximum Gasteiger partial charge on any atom is 0.245 e. The summed E-state index contributed by atoms with van der Waals surface area (Å²) in [6, 6.07) is 5.66. The van der Waals surface area contributed by atoms with Crippen LogP contribution in [0, 0.1) is 56.7 Å². The Kier molecular flexibility index (Phi) is 2.59. The Morgan fingerprint density at radius 2 is 1.89 bits per heavy atom. The van der Waals surface area contributed by atoms with Crippen LogP contribution in [0.5, 0.6) is 0 Å². The molecule has 1 aliphatic heterocycles. The second-order valence-electron chi connectivity index (χ2n) is 5.77. The summed E-state index contributed by atoms with van der Waals surface area (Å²) in [6.07, 6.45) is -0.0966. The molecule has 2 fully saturated rings. The van der Waals surface area contributed by atoms with E-state index >= 15 is 0 Å². The molecule has 2 bridgehead atoms. The van der Waals surface area contributed by atoms with Gasteiger partial charge in [-0.2, -0.15) is 15.8 Å². The van der Waals surface area contributed by atoms with E-state index in [1.165, 1.54) is 0 Å². The Hall–Kier alpha value is -2.10. The van der Waals surface area contributed by atoms with Gasteiger partial charge in [0.1, 0.15) is 5.72 Å². The van der Waals surface area contributed by atoms with Gasteiger partial charge >= 0.3 is 0 Å². The van der Waals surface area contributed by atoms with Crippen LogP contribution in [-0.2, 0) is 4.79 Å². The van der Waals surface area contributed by atoms with Gasteiger partial charge in [-0.05, 0) is 11.8 Å². The highest BCUT2D eigenvalue weighted by molar-refractivity contribution is 5.91. The molecule has 2 N–H and O–H groups in total. The first kappa shape index (κ1) is 13.3. The van der Waals surface area contributed by atoms with E-state index in [4.69, 9.17) is 0 Å². The Labute approximate surface area is 111 Å². The smallest absolute Gasteiger partial charge is 0.245 e. The standard InChI is InChI=1S/C13H14N4O2/c1-8(2)9-3-13(19)4-11(5-14,10(18)17-13)12(9,6-15)7-16/h8-9,19H,3-4H2,1-2H3,(H,17,18). The topological polar surface area (TPSA) is 121 Å². The zero-order chi connectivity index (χ0) is 14.5. The van der Waals surface area contributed by atoms with Crippen molar-refractivity contribution in [3.05, 3.63) is 0 Å². The van der Waals surface area contributed by atoms with Gasteiger partial charge < -0.3 is 10.4 Å². The van der Waals surface area contributed by atoms with Crippen molar-refractivity contribution in [2.45, 2.75) is 32.4 Å². The van der Waals surface area contributed by atoms with Crippen LogP contribution >= 0.6 is 0 Å². The van der Waals surface area contributed by atoms with Gasteiger partial charge in [0, 0.05) is 12.8 Å². The first-order valence-electron chi connectivity index (χ1n) is 6.09. The maximum absolute atomic E-state index is 12.1. The van der Waals surface area contributed by atoms with Gasteiger partial charge in [-0.1, -0.05) is 13.8 Å². The lowest BCUT2D eigenvalue weighted by Gasteiger charge is -2.45. The molecule has 1 saturated carbocycles. The first-order chi connectivity index (χ1) is 8.81. The van der Waals surface area contributed by atoms with Gasteiger partial charge in [0.15, 0.2) is 10.8 Å². The molecule has 1 saturated heterocycles. The zero-order valence-electron chi connectivity index (χ0n) is 10.8. The monoisotopic (exact) mass is 258 g/mol. The molecular formula is C13H14N4O2. The van der Waals surface area contributed by atoms with Crippen LogP contribution in [0.4, 0.5) is 0 Å². The van der Waals surface area contributed by atoms with Crippen molar-refractivity contribution in [1.82, 2.24) is 5.32 Å². The molecule has 1 amide bonds. The van der Waals surface area contributed by atoms with E-state index in [0.29, 0.717) is 0 Å². The highest BCUT2D eigenvalue weighted by atomic mass is 16.3. The molecule has 1 aliphatic carbocycles. The number of nitrogens with zero attached hydrogens (tertiary/aromatic N) is 3. The normalized spacial score (nSPS) is 39.0. The Bertz CT molecular complexity index is 551. The molecule has 0 aromatic carbocycles. The third-order valence-corrected chi connectivity index (χ3v) is 4.43. The average molecular weight is 258 g/mol. The summed E-state index contributed by atoms with van der Waals surface area (Å²) in [5, 5.41) is 41.1. The fourth-order valence-corrected chi connectivity index (χ4v) is 3.45. The molecule has 6 heteroatoms. The van der Waals surface area contributed by atoms with Crippen LogP contribution in [0.3, 0.4) is 0 Å². The van der Waals surface area contributed by atoms with Crippen LogP contribution in [-0.4, -0.2) is 16.7 Å². The number of rotatable bonds is 1. The molecule has 0 aromatic heterocycles. The van der Waals surface area contributed by atoms with Crippen LogP contribution in [0.1, 0.15) is 26.7 Å². The van der Waals surface area contributed by atoms with Crippen LogP contribution < -0.4 is 5.32 Å². The Balaban J connectivity index is 2.74. The third kappa shape index (κ3) is 1.34. The second kappa shape index (κ2) is 3.70. The minimum absolute atomic E-state index is 0.105. The second-order valence-corrected chi connectivity index (χ2v) is 5.77. The highest BCUT2D eigenvalue weighted by Crippen LogP contribution is 2.60. The summed E-state index contributed by atoms with van der Waals surface area (Å²) >= 11 is 0. The molecule has 2 aliphatic rings. The summed E-state index contributed by atoms with van der Waals surface area (Å²) in [5.41, 5.74) is -5.00. The molecule has 3 unspecified atom stereocenters. The van der Waals surface area contributed by atoms with Crippen molar-refractivity contribution in [2.75, 3.05) is 0 Å². The fraction of sp³-hybridized carbons (Fsp3) is 0.692. The molecular weight excluding hydrogens is 244 g/mol. The highest BCUT2D eigenvalue weighted by Gasteiger charge is 2.73. The number of fused-ring (bicyclic) bond motifs is 2. The van der Waals surface area contributed by atoms with E-state index in [1.54, 1.807) is 0 Å². The molecule has 2 rings (SSSR count). The minimum Gasteiger partial charge on any atom is -0.371 e. The van der Waals surface area contributed by atoms with Crippen molar-refractivity contribution in [3.63, 3.8) is 0 Å². The fourth-order valence-electron chi connectivity index (χ4n) is 3.45. The van der Waals surface area contributed by atoms with Gasteiger partial charge in [0.25, 0.3) is 0 Å². The number of aliphatic hydroxyl groups is 1. The molecule has 6 nitrogen and oxygen atoms in total. The molecule has 0 radical (unpaired) electrons. The molecule has 19 heavy (non-hydrogen) atoms. The Morgan fingerprint density at radius 1 is 1.32 bits per heavy atom. The van der Waals surface area contributed by atoms with E-state index in [1.807, 2.05) is 32.1 Å². The number of carbonyl (C=O) groups is 1. The lowest BCUT2D eigenvalue weighted by Crippen LogP contribution is -2.54. The number of nitriles is 3. The van der Waals surface area contributed by atoms with Gasteiger partial charge in [0.2, 0.25) is 5.91 Å². The van der Waals surface area contributed by atoms with E-state index < -0.39 is 28.4 Å². The van der Waals surface area contributed by atoms with Crippen molar-refractivity contribution in [2.24, 2.45) is 22.7 Å². The summed E-state index contributed by atoms with van der Waals surface area (Å²) in [7, 11) is 0. The SMILES string of the molecule is CC(C)C1CC2(O)CC(C#N)(C(=O)N2)C1(C#N)C#N. The van der Waals surface area contributed by atoms with Gasteiger partial charge in [-0.25, -0.2) is 0 Å². The lowest BCUT2D eigenvalue weighted by atomic mass is 9.51. The number of hydrogen-bond donors (Lipinski definition) is 2. The summed E-state index contributed by atoms with van der Waals surface area (Å²) in [6.45, 7) is 3.63. The Morgan fingerprint density at radius 3 is 2.32 bits per heavy atom. The molecule has 98 valence electrons. The molecule has 1 heterocycles. The largest absolute Gasteiger partial charge is 0.371 e. The van der Waals surface area contributed by atoms with Crippen LogP contribution in [0.15, 0.2) is 0 Å². The molecule has 0 spiro atoms. The maximum atomic E-state index is 12.1. The van der Waals surface area contributed by atoms with E-state index in [9.17, 15) is 25.7 Å². The van der Waals surface area contributed by atoms with Crippen molar-refractivity contribution in [1.29, 1.82) is 15.8 Å². The molecule has 3 atom stereocenters. The van der Waals surface area contributed by atoms with Gasteiger partial charge in [0.05, 0.1) is 18.2 Å². The van der Waals surface area contributed by atoms with Crippen LogP contribution in [0.2, 0.25) is 0 Å². The summed E-state index contributed by atoms with van der Waals surface area (Å²) in [5.74, 6) is -1.37. The van der Waals surface area contributed by atoms with E-state index in [-0.39, 0.29) is 18.8 Å². The number of carbonyl (C=O) groups excluding carboxylic acids is 1. The van der Waals surface area contributed by atoms with Gasteiger partial charge in [-0.15, -0.1) is 0 Å². The average Bonchev–Trinajstić information content (AvgIpc) is 2.59. The number of nitrogens with one attached hydrogen (secondary N) is 1. The number of hydrogen-bond acceptors (Lipinski definition) is 5. The van der Waals surface area contributed by atoms with Crippen molar-refractivity contribution < 1.29 is 9.90 Å². The molecule has 0 aromatic rings. The van der Waals surface area contributed by atoms with Crippen molar-refractivity contribution in [3.8, 4) is 18.2 Å². The van der Waals surface area contributed by atoms with Crippen molar-refractivity contribution >= 4 is 5.91 Å². The zero-order valence-corrected chi connectivity index (χ0v) is 10.8. The number of amides is 1.